The van der Waals surface area contributed by atoms with Crippen LogP contribution in [0.15, 0.2) is 42.6 Å². The lowest BCUT2D eigenvalue weighted by atomic mass is 10.1. The molecule has 1 heterocycles. The van der Waals surface area contributed by atoms with E-state index in [2.05, 4.69) is 18.0 Å². The molecule has 0 radical (unpaired) electrons. The SMILES string of the molecule is CCc1ccccc1Oc1cc([C@H](C)N)ccn1. The first kappa shape index (κ1) is 12.6. The molecule has 1 aromatic carbocycles. The standard InChI is InChI=1S/C15H18N2O/c1-3-12-6-4-5-7-14(12)18-15-10-13(11(2)16)8-9-17-15/h4-11H,3,16H2,1-2H3/t11-/m0/s1. The highest BCUT2D eigenvalue weighted by atomic mass is 16.5. The molecule has 0 bridgehead atoms. The molecule has 2 N–H and O–H groups in total. The van der Waals surface area contributed by atoms with Gasteiger partial charge in [-0.15, -0.1) is 0 Å². The first-order valence-electron chi connectivity index (χ1n) is 6.18. The summed E-state index contributed by atoms with van der Waals surface area (Å²) in [7, 11) is 0. The summed E-state index contributed by atoms with van der Waals surface area (Å²) in [6, 6.07) is 11.8. The van der Waals surface area contributed by atoms with Crippen molar-refractivity contribution in [2.45, 2.75) is 26.3 Å². The zero-order valence-electron chi connectivity index (χ0n) is 10.8. The summed E-state index contributed by atoms with van der Waals surface area (Å²) in [6.07, 6.45) is 2.66. The van der Waals surface area contributed by atoms with Crippen LogP contribution in [0.25, 0.3) is 0 Å². The Balaban J connectivity index is 2.25. The van der Waals surface area contributed by atoms with Gasteiger partial charge in [0.05, 0.1) is 0 Å². The lowest BCUT2D eigenvalue weighted by molar-refractivity contribution is 0.456. The fourth-order valence-corrected chi connectivity index (χ4v) is 1.77. The van der Waals surface area contributed by atoms with Gasteiger partial charge >= 0.3 is 0 Å². The third-order valence-electron chi connectivity index (χ3n) is 2.85. The molecule has 18 heavy (non-hydrogen) atoms. The summed E-state index contributed by atoms with van der Waals surface area (Å²) in [4.78, 5) is 4.21. The van der Waals surface area contributed by atoms with E-state index in [1.807, 2.05) is 37.3 Å². The molecule has 0 aliphatic rings. The number of ether oxygens (including phenoxy) is 1. The Labute approximate surface area is 108 Å². The van der Waals surface area contributed by atoms with Crippen molar-refractivity contribution in [3.8, 4) is 11.6 Å². The Bertz CT molecular complexity index is 523. The van der Waals surface area contributed by atoms with Crippen molar-refractivity contribution in [3.63, 3.8) is 0 Å². The molecule has 0 saturated heterocycles. The Hall–Kier alpha value is -1.87. The van der Waals surface area contributed by atoms with E-state index in [-0.39, 0.29) is 6.04 Å². The monoisotopic (exact) mass is 242 g/mol. The highest BCUT2D eigenvalue weighted by Gasteiger charge is 2.06. The molecule has 0 amide bonds. The topological polar surface area (TPSA) is 48.1 Å². The molecule has 94 valence electrons. The van der Waals surface area contributed by atoms with Crippen LogP contribution in [-0.2, 0) is 6.42 Å². The molecule has 0 aliphatic carbocycles. The summed E-state index contributed by atoms with van der Waals surface area (Å²) in [6.45, 7) is 4.05. The van der Waals surface area contributed by atoms with Crippen LogP contribution in [0.1, 0.15) is 31.0 Å². The summed E-state index contributed by atoms with van der Waals surface area (Å²) in [5, 5.41) is 0. The number of aryl methyl sites for hydroxylation is 1. The third kappa shape index (κ3) is 2.87. The number of benzene rings is 1. The molecule has 0 saturated carbocycles. The van der Waals surface area contributed by atoms with Crippen molar-refractivity contribution in [3.05, 3.63) is 53.7 Å². The first-order valence-corrected chi connectivity index (χ1v) is 6.18. The maximum absolute atomic E-state index is 5.85. The number of nitrogens with zero attached hydrogens (tertiary/aromatic N) is 1. The van der Waals surface area contributed by atoms with E-state index in [0.717, 1.165) is 17.7 Å². The number of para-hydroxylation sites is 1. The van der Waals surface area contributed by atoms with Gasteiger partial charge < -0.3 is 10.5 Å². The van der Waals surface area contributed by atoms with Gasteiger partial charge in [-0.05, 0) is 36.6 Å². The Morgan fingerprint density at radius 3 is 2.78 bits per heavy atom. The molecule has 0 aliphatic heterocycles. The molecule has 2 aromatic rings. The van der Waals surface area contributed by atoms with Crippen molar-refractivity contribution in [2.24, 2.45) is 5.73 Å². The number of hydrogen-bond acceptors (Lipinski definition) is 3. The fraction of sp³-hybridized carbons (Fsp3) is 0.267. The molecule has 0 spiro atoms. The van der Waals surface area contributed by atoms with Crippen LogP contribution >= 0.6 is 0 Å². The van der Waals surface area contributed by atoms with Crippen molar-refractivity contribution >= 4 is 0 Å². The molecular formula is C15H18N2O. The maximum Gasteiger partial charge on any atom is 0.219 e. The second-order valence-electron chi connectivity index (χ2n) is 4.28. The zero-order chi connectivity index (χ0) is 13.0. The molecule has 0 unspecified atom stereocenters. The summed E-state index contributed by atoms with van der Waals surface area (Å²) in [5.41, 5.74) is 8.04. The van der Waals surface area contributed by atoms with Gasteiger partial charge in [-0.3, -0.25) is 0 Å². The molecule has 3 heteroatoms. The first-order chi connectivity index (χ1) is 8.70. The summed E-state index contributed by atoms with van der Waals surface area (Å²) >= 11 is 0. The van der Waals surface area contributed by atoms with Crippen LogP contribution in [0.2, 0.25) is 0 Å². The van der Waals surface area contributed by atoms with Crippen molar-refractivity contribution < 1.29 is 4.74 Å². The summed E-state index contributed by atoms with van der Waals surface area (Å²) in [5.74, 6) is 1.44. The molecule has 1 aromatic heterocycles. The van der Waals surface area contributed by atoms with Crippen molar-refractivity contribution in [1.82, 2.24) is 4.98 Å². The molecule has 1 atom stereocenters. The van der Waals surface area contributed by atoms with Crippen molar-refractivity contribution in [2.75, 3.05) is 0 Å². The van der Waals surface area contributed by atoms with Gasteiger partial charge in [0, 0.05) is 18.3 Å². The van der Waals surface area contributed by atoms with E-state index in [1.54, 1.807) is 6.20 Å². The van der Waals surface area contributed by atoms with Crippen LogP contribution in [0.5, 0.6) is 11.6 Å². The van der Waals surface area contributed by atoms with Gasteiger partial charge in [-0.1, -0.05) is 25.1 Å². The van der Waals surface area contributed by atoms with Crippen LogP contribution in [0.3, 0.4) is 0 Å². The van der Waals surface area contributed by atoms with Crippen LogP contribution < -0.4 is 10.5 Å². The lowest BCUT2D eigenvalue weighted by Crippen LogP contribution is -2.05. The minimum absolute atomic E-state index is 0.0169. The van der Waals surface area contributed by atoms with Gasteiger partial charge in [0.1, 0.15) is 5.75 Å². The largest absolute Gasteiger partial charge is 0.439 e. The van der Waals surface area contributed by atoms with Crippen LogP contribution in [0, 0.1) is 0 Å². The van der Waals surface area contributed by atoms with Crippen molar-refractivity contribution in [1.29, 1.82) is 0 Å². The Kier molecular flexibility index (Phi) is 3.95. The van der Waals surface area contributed by atoms with Gasteiger partial charge in [0.15, 0.2) is 0 Å². The normalized spacial score (nSPS) is 12.2. The van der Waals surface area contributed by atoms with Crippen LogP contribution in [0.4, 0.5) is 0 Å². The highest BCUT2D eigenvalue weighted by molar-refractivity contribution is 5.36. The van der Waals surface area contributed by atoms with Crippen LogP contribution in [-0.4, -0.2) is 4.98 Å². The predicted octanol–water partition coefficient (Wildman–Crippen LogP) is 3.46. The summed E-state index contributed by atoms with van der Waals surface area (Å²) < 4.78 is 5.82. The molecule has 2 rings (SSSR count). The Morgan fingerprint density at radius 1 is 1.28 bits per heavy atom. The van der Waals surface area contributed by atoms with Gasteiger partial charge in [0.25, 0.3) is 0 Å². The minimum Gasteiger partial charge on any atom is -0.439 e. The number of hydrogen-bond donors (Lipinski definition) is 1. The van der Waals surface area contributed by atoms with E-state index in [1.165, 1.54) is 5.56 Å². The van der Waals surface area contributed by atoms with E-state index < -0.39 is 0 Å². The number of nitrogens with two attached hydrogens (primary N) is 1. The lowest BCUT2D eigenvalue weighted by Gasteiger charge is -2.11. The smallest absolute Gasteiger partial charge is 0.219 e. The Morgan fingerprint density at radius 2 is 2.06 bits per heavy atom. The zero-order valence-corrected chi connectivity index (χ0v) is 10.8. The minimum atomic E-state index is -0.0169. The average Bonchev–Trinajstić information content (AvgIpc) is 2.39. The predicted molar refractivity (Wildman–Crippen MR) is 72.7 cm³/mol. The quantitative estimate of drug-likeness (QED) is 0.893. The van der Waals surface area contributed by atoms with E-state index in [0.29, 0.717) is 5.88 Å². The molecule has 3 nitrogen and oxygen atoms in total. The number of aromatic nitrogens is 1. The van der Waals surface area contributed by atoms with E-state index >= 15 is 0 Å². The van der Waals surface area contributed by atoms with E-state index in [4.69, 9.17) is 10.5 Å². The van der Waals surface area contributed by atoms with E-state index in [9.17, 15) is 0 Å². The van der Waals surface area contributed by atoms with Gasteiger partial charge in [0.2, 0.25) is 5.88 Å². The van der Waals surface area contributed by atoms with Gasteiger partial charge in [-0.25, -0.2) is 4.98 Å². The highest BCUT2D eigenvalue weighted by Crippen LogP contribution is 2.25. The molecular weight excluding hydrogens is 224 g/mol. The third-order valence-corrected chi connectivity index (χ3v) is 2.85. The van der Waals surface area contributed by atoms with Gasteiger partial charge in [-0.2, -0.15) is 0 Å². The second kappa shape index (κ2) is 5.65. The second-order valence-corrected chi connectivity index (χ2v) is 4.28. The number of rotatable bonds is 4. The molecule has 0 fully saturated rings. The average molecular weight is 242 g/mol. The number of pyridine rings is 1. The maximum atomic E-state index is 5.85. The fourth-order valence-electron chi connectivity index (χ4n) is 1.77.